The molecular weight excluding hydrogens is 355 g/mol. The number of aromatic nitrogens is 1. The molecule has 0 fully saturated rings. The van der Waals surface area contributed by atoms with E-state index in [1.807, 2.05) is 0 Å². The number of alkyl halides is 3. The number of aromatic amines is 1. The maximum Gasteiger partial charge on any atom is 0.573 e. The van der Waals surface area contributed by atoms with Crippen LogP contribution in [0.25, 0.3) is 10.9 Å². The van der Waals surface area contributed by atoms with E-state index < -0.39 is 22.9 Å². The Morgan fingerprint density at radius 3 is 2.65 bits per heavy atom. The Hall–Kier alpha value is -3.56. The number of fused-ring (bicyclic) bond motifs is 1. The Kier molecular flexibility index (Phi) is 4.24. The highest BCUT2D eigenvalue weighted by atomic mass is 19.4. The molecule has 0 bridgehead atoms. The number of hydrogen-bond acceptors (Lipinski definition) is 4. The van der Waals surface area contributed by atoms with E-state index in [0.717, 1.165) is 12.1 Å². The van der Waals surface area contributed by atoms with Crippen molar-refractivity contribution < 1.29 is 27.6 Å². The van der Waals surface area contributed by atoms with Gasteiger partial charge in [0.1, 0.15) is 5.75 Å². The molecule has 0 unspecified atom stereocenters. The normalized spacial score (nSPS) is 11.3. The SMILES string of the molecule is O=C(Nc1cccc(OC(F)(F)F)c1)c1c[nH]c2ccc([N+](=O)[O-])cc12. The van der Waals surface area contributed by atoms with Crippen molar-refractivity contribution in [2.45, 2.75) is 6.36 Å². The Bertz CT molecular complexity index is 998. The zero-order valence-electron chi connectivity index (χ0n) is 12.8. The van der Waals surface area contributed by atoms with Crippen LogP contribution in [0.5, 0.6) is 5.75 Å². The van der Waals surface area contributed by atoms with E-state index in [9.17, 15) is 28.1 Å². The average Bonchev–Trinajstić information content (AvgIpc) is 2.96. The zero-order valence-corrected chi connectivity index (χ0v) is 12.8. The van der Waals surface area contributed by atoms with Gasteiger partial charge in [0.25, 0.3) is 11.6 Å². The summed E-state index contributed by atoms with van der Waals surface area (Å²) in [5.74, 6) is -1.12. The number of amides is 1. The molecule has 0 atom stereocenters. The number of ether oxygens (including phenoxy) is 1. The third-order valence-electron chi connectivity index (χ3n) is 3.45. The topological polar surface area (TPSA) is 97.3 Å². The molecule has 10 heteroatoms. The van der Waals surface area contributed by atoms with Crippen LogP contribution in [0.2, 0.25) is 0 Å². The molecule has 2 aromatic carbocycles. The highest BCUT2D eigenvalue weighted by molar-refractivity contribution is 6.13. The first-order valence-corrected chi connectivity index (χ1v) is 7.15. The summed E-state index contributed by atoms with van der Waals surface area (Å²) in [7, 11) is 0. The number of H-pyrrole nitrogens is 1. The molecule has 0 aliphatic carbocycles. The lowest BCUT2D eigenvalue weighted by atomic mass is 10.1. The van der Waals surface area contributed by atoms with Crippen LogP contribution in [0.15, 0.2) is 48.7 Å². The first kappa shape index (κ1) is 17.3. The predicted octanol–water partition coefficient (Wildman–Crippen LogP) is 4.23. The van der Waals surface area contributed by atoms with Crippen molar-refractivity contribution in [1.29, 1.82) is 0 Å². The van der Waals surface area contributed by atoms with Gasteiger partial charge in [0.2, 0.25) is 0 Å². The number of carbonyl (C=O) groups is 1. The molecular formula is C16H10F3N3O4. The molecule has 3 aromatic rings. The number of nitro benzene ring substituents is 1. The number of benzene rings is 2. The van der Waals surface area contributed by atoms with Crippen molar-refractivity contribution in [3.05, 3.63) is 64.3 Å². The van der Waals surface area contributed by atoms with Gasteiger partial charge in [-0.2, -0.15) is 0 Å². The molecule has 0 radical (unpaired) electrons. The van der Waals surface area contributed by atoms with Gasteiger partial charge in [-0.3, -0.25) is 14.9 Å². The Morgan fingerprint density at radius 2 is 1.96 bits per heavy atom. The van der Waals surface area contributed by atoms with Crippen LogP contribution < -0.4 is 10.1 Å². The first-order valence-electron chi connectivity index (χ1n) is 7.15. The molecule has 0 saturated heterocycles. The molecule has 1 aromatic heterocycles. The second kappa shape index (κ2) is 6.39. The molecule has 134 valence electrons. The average molecular weight is 365 g/mol. The van der Waals surface area contributed by atoms with Crippen molar-refractivity contribution in [3.8, 4) is 5.75 Å². The van der Waals surface area contributed by atoms with Crippen molar-refractivity contribution in [2.75, 3.05) is 5.32 Å². The molecule has 0 aliphatic rings. The van der Waals surface area contributed by atoms with Crippen LogP contribution in [0.1, 0.15) is 10.4 Å². The van der Waals surface area contributed by atoms with E-state index in [1.54, 1.807) is 0 Å². The van der Waals surface area contributed by atoms with Gasteiger partial charge in [-0.1, -0.05) is 6.07 Å². The van der Waals surface area contributed by atoms with Gasteiger partial charge in [0.05, 0.1) is 10.5 Å². The maximum absolute atomic E-state index is 12.4. The summed E-state index contributed by atoms with van der Waals surface area (Å²) in [5, 5.41) is 13.6. The standard InChI is InChI=1S/C16H10F3N3O4/c17-16(18,19)26-11-3-1-2-9(6-11)21-15(23)13-8-20-14-5-4-10(22(24)25)7-12(13)14/h1-8,20H,(H,21,23). The van der Waals surface area contributed by atoms with Crippen LogP contribution in [-0.2, 0) is 0 Å². The number of anilines is 1. The lowest BCUT2D eigenvalue weighted by Gasteiger charge is -2.10. The molecule has 3 rings (SSSR count). The molecule has 26 heavy (non-hydrogen) atoms. The minimum absolute atomic E-state index is 0.0801. The van der Waals surface area contributed by atoms with Gasteiger partial charge < -0.3 is 15.0 Å². The number of hydrogen-bond donors (Lipinski definition) is 2. The van der Waals surface area contributed by atoms with E-state index in [2.05, 4.69) is 15.0 Å². The van der Waals surface area contributed by atoms with Crippen molar-refractivity contribution in [3.63, 3.8) is 0 Å². The second-order valence-electron chi connectivity index (χ2n) is 5.22. The number of rotatable bonds is 4. The third kappa shape index (κ3) is 3.74. The van der Waals surface area contributed by atoms with Gasteiger partial charge in [0, 0.05) is 41.0 Å². The van der Waals surface area contributed by atoms with Crippen LogP contribution in [0, 0.1) is 10.1 Å². The number of nitro groups is 1. The summed E-state index contributed by atoms with van der Waals surface area (Å²) >= 11 is 0. The molecule has 2 N–H and O–H groups in total. The fraction of sp³-hybridized carbons (Fsp3) is 0.0625. The summed E-state index contributed by atoms with van der Waals surface area (Å²) < 4.78 is 40.6. The smallest absolute Gasteiger partial charge is 0.406 e. The number of nitrogens with zero attached hydrogens (tertiary/aromatic N) is 1. The first-order chi connectivity index (χ1) is 12.2. The highest BCUT2D eigenvalue weighted by Gasteiger charge is 2.31. The Morgan fingerprint density at radius 1 is 1.19 bits per heavy atom. The molecule has 0 saturated carbocycles. The second-order valence-corrected chi connectivity index (χ2v) is 5.22. The number of halogens is 3. The molecule has 1 heterocycles. The van der Waals surface area contributed by atoms with E-state index in [1.165, 1.54) is 36.5 Å². The lowest BCUT2D eigenvalue weighted by molar-refractivity contribution is -0.384. The Labute approximate surface area is 143 Å². The molecule has 0 spiro atoms. The molecule has 7 nitrogen and oxygen atoms in total. The number of non-ortho nitro benzene ring substituents is 1. The van der Waals surface area contributed by atoms with Crippen LogP contribution >= 0.6 is 0 Å². The zero-order chi connectivity index (χ0) is 18.9. The van der Waals surface area contributed by atoms with Gasteiger partial charge >= 0.3 is 6.36 Å². The largest absolute Gasteiger partial charge is 0.573 e. The van der Waals surface area contributed by atoms with Gasteiger partial charge in [-0.05, 0) is 18.2 Å². The van der Waals surface area contributed by atoms with E-state index in [4.69, 9.17) is 0 Å². The van der Waals surface area contributed by atoms with Gasteiger partial charge in [-0.15, -0.1) is 13.2 Å². The summed E-state index contributed by atoms with van der Waals surface area (Å²) in [6, 6.07) is 8.78. The van der Waals surface area contributed by atoms with E-state index in [-0.39, 0.29) is 16.9 Å². The van der Waals surface area contributed by atoms with Gasteiger partial charge in [-0.25, -0.2) is 0 Å². The number of carbonyl (C=O) groups excluding carboxylic acids is 1. The van der Waals surface area contributed by atoms with Crippen LogP contribution in [0.3, 0.4) is 0 Å². The third-order valence-corrected chi connectivity index (χ3v) is 3.45. The minimum Gasteiger partial charge on any atom is -0.406 e. The Balaban J connectivity index is 1.87. The summed E-state index contributed by atoms with van der Waals surface area (Å²) in [6.07, 6.45) is -3.49. The minimum atomic E-state index is -4.85. The molecule has 0 aliphatic heterocycles. The van der Waals surface area contributed by atoms with Crippen LogP contribution in [-0.4, -0.2) is 22.2 Å². The van der Waals surface area contributed by atoms with E-state index >= 15 is 0 Å². The van der Waals surface area contributed by atoms with Crippen molar-refractivity contribution in [1.82, 2.24) is 4.98 Å². The monoisotopic (exact) mass is 365 g/mol. The quantitative estimate of drug-likeness (QED) is 0.534. The summed E-state index contributed by atoms with van der Waals surface area (Å²) in [5.41, 5.74) is 0.518. The van der Waals surface area contributed by atoms with Crippen molar-refractivity contribution >= 4 is 28.2 Å². The summed E-state index contributed by atoms with van der Waals surface area (Å²) in [6.45, 7) is 0. The lowest BCUT2D eigenvalue weighted by Crippen LogP contribution is -2.17. The van der Waals surface area contributed by atoms with Crippen molar-refractivity contribution in [2.24, 2.45) is 0 Å². The summed E-state index contributed by atoms with van der Waals surface area (Å²) in [4.78, 5) is 25.5. The fourth-order valence-corrected chi connectivity index (χ4v) is 2.38. The molecule has 1 amide bonds. The maximum atomic E-state index is 12.4. The highest BCUT2D eigenvalue weighted by Crippen LogP contribution is 2.27. The fourth-order valence-electron chi connectivity index (χ4n) is 2.38. The van der Waals surface area contributed by atoms with Crippen LogP contribution in [0.4, 0.5) is 24.5 Å². The number of nitrogens with one attached hydrogen (secondary N) is 2. The predicted molar refractivity (Wildman–Crippen MR) is 86.0 cm³/mol. The van der Waals surface area contributed by atoms with Gasteiger partial charge in [0.15, 0.2) is 0 Å². The van der Waals surface area contributed by atoms with E-state index in [0.29, 0.717) is 10.9 Å².